The minimum Gasteiger partial charge on any atom is -0.379 e. The van der Waals surface area contributed by atoms with Gasteiger partial charge in [0.05, 0.1) is 6.61 Å². The molecule has 1 amide bonds. The van der Waals surface area contributed by atoms with Gasteiger partial charge in [-0.3, -0.25) is 4.79 Å². The molecule has 0 radical (unpaired) electrons. The normalized spacial score (nSPS) is 14.2. The van der Waals surface area contributed by atoms with Gasteiger partial charge in [0.15, 0.2) is 0 Å². The molecule has 6 nitrogen and oxygen atoms in total. The molecule has 1 aromatic heterocycles. The fraction of sp³-hybridized carbons (Fsp3) is 0.538. The first-order chi connectivity index (χ1) is 9.60. The number of nitrogens with one attached hydrogen (secondary N) is 1. The smallest absolute Gasteiger partial charge is 0.253 e. The summed E-state index contributed by atoms with van der Waals surface area (Å²) in [5.74, 6) is 6.23. The number of hydrogen-bond acceptors (Lipinski definition) is 5. The van der Waals surface area contributed by atoms with Gasteiger partial charge in [0.1, 0.15) is 11.0 Å². The molecule has 7 heteroatoms. The molecule has 0 unspecified atom stereocenters. The van der Waals surface area contributed by atoms with Gasteiger partial charge < -0.3 is 15.1 Å². The fourth-order valence-electron chi connectivity index (χ4n) is 1.75. The molecule has 1 aliphatic rings. The van der Waals surface area contributed by atoms with Crippen LogP contribution in [-0.4, -0.2) is 42.6 Å². The van der Waals surface area contributed by atoms with Crippen LogP contribution in [0, 0.1) is 5.92 Å². The highest BCUT2D eigenvalue weighted by atomic mass is 35.5. The maximum atomic E-state index is 12.2. The van der Waals surface area contributed by atoms with Crippen molar-refractivity contribution in [2.45, 2.75) is 12.8 Å². The van der Waals surface area contributed by atoms with E-state index in [-0.39, 0.29) is 11.1 Å². The molecule has 3 N–H and O–H groups in total. The van der Waals surface area contributed by atoms with Gasteiger partial charge in [-0.05, 0) is 30.9 Å². The van der Waals surface area contributed by atoms with E-state index in [1.807, 2.05) is 0 Å². The second kappa shape index (κ2) is 6.88. The maximum absolute atomic E-state index is 12.2. The zero-order valence-corrected chi connectivity index (χ0v) is 12.2. The maximum Gasteiger partial charge on any atom is 0.253 e. The Hall–Kier alpha value is -1.37. The minimum absolute atomic E-state index is 0.138. The van der Waals surface area contributed by atoms with Crippen molar-refractivity contribution < 1.29 is 9.53 Å². The third-order valence-corrected chi connectivity index (χ3v) is 3.35. The number of carbonyl (C=O) groups is 1. The first kappa shape index (κ1) is 15.0. The average Bonchev–Trinajstić information content (AvgIpc) is 3.25. The molecule has 0 atom stereocenters. The van der Waals surface area contributed by atoms with E-state index >= 15 is 0 Å². The van der Waals surface area contributed by atoms with Crippen molar-refractivity contribution in [3.63, 3.8) is 0 Å². The topological polar surface area (TPSA) is 80.5 Å². The van der Waals surface area contributed by atoms with Crippen molar-refractivity contribution in [2.24, 2.45) is 11.8 Å². The Bertz CT molecular complexity index is 479. The molecule has 0 aromatic carbocycles. The van der Waals surface area contributed by atoms with E-state index in [9.17, 15) is 4.79 Å². The molecule has 1 saturated carbocycles. The van der Waals surface area contributed by atoms with Crippen molar-refractivity contribution in [1.29, 1.82) is 0 Å². The van der Waals surface area contributed by atoms with Gasteiger partial charge in [0.2, 0.25) is 0 Å². The summed E-state index contributed by atoms with van der Waals surface area (Å²) in [6, 6.07) is 3.09. The Morgan fingerprint density at radius 2 is 2.35 bits per heavy atom. The number of nitrogens with two attached hydrogens (primary N) is 1. The lowest BCUT2D eigenvalue weighted by Crippen LogP contribution is -2.30. The van der Waals surface area contributed by atoms with E-state index in [2.05, 4.69) is 10.4 Å². The van der Waals surface area contributed by atoms with Crippen LogP contribution in [0.5, 0.6) is 0 Å². The quantitative estimate of drug-likeness (QED) is 0.345. The zero-order valence-electron chi connectivity index (χ0n) is 11.4. The van der Waals surface area contributed by atoms with Gasteiger partial charge in [-0.25, -0.2) is 10.8 Å². The molecule has 110 valence electrons. The van der Waals surface area contributed by atoms with Crippen molar-refractivity contribution in [1.82, 2.24) is 9.88 Å². The number of anilines is 1. The summed E-state index contributed by atoms with van der Waals surface area (Å²) in [6.07, 6.45) is 2.53. The second-order valence-corrected chi connectivity index (χ2v) is 5.34. The molecule has 0 aliphatic heterocycles. The summed E-state index contributed by atoms with van der Waals surface area (Å²) in [5.41, 5.74) is 2.83. The summed E-state index contributed by atoms with van der Waals surface area (Å²) in [5, 5.41) is 0.224. The summed E-state index contributed by atoms with van der Waals surface area (Å²) in [6.45, 7) is 1.88. The highest BCUT2D eigenvalue weighted by Crippen LogP contribution is 2.28. The number of pyridine rings is 1. The van der Waals surface area contributed by atoms with E-state index in [4.69, 9.17) is 22.2 Å². The standard InChI is InChI=1S/C13H19ClN4O2/c1-18(4-5-20-8-9-2-3-9)13(19)10-6-11(14)16-12(7-10)17-15/h6-7,9H,2-5,8,15H2,1H3,(H,16,17). The number of nitrogens with zero attached hydrogens (tertiary/aromatic N) is 2. The van der Waals surface area contributed by atoms with Crippen LogP contribution >= 0.6 is 11.6 Å². The van der Waals surface area contributed by atoms with Crippen LogP contribution in [0.15, 0.2) is 12.1 Å². The van der Waals surface area contributed by atoms with Crippen LogP contribution in [0.25, 0.3) is 0 Å². The molecule has 1 fully saturated rings. The molecule has 1 aliphatic carbocycles. The van der Waals surface area contributed by atoms with Gasteiger partial charge >= 0.3 is 0 Å². The van der Waals surface area contributed by atoms with Crippen molar-refractivity contribution in [2.75, 3.05) is 32.2 Å². The number of amides is 1. The predicted octanol–water partition coefficient (Wildman–Crippen LogP) is 1.52. The third-order valence-electron chi connectivity index (χ3n) is 3.16. The van der Waals surface area contributed by atoms with E-state index in [1.54, 1.807) is 18.0 Å². The third kappa shape index (κ3) is 4.33. The molecule has 0 spiro atoms. The Morgan fingerprint density at radius 1 is 1.60 bits per heavy atom. The van der Waals surface area contributed by atoms with Crippen molar-refractivity contribution >= 4 is 23.3 Å². The molecule has 1 heterocycles. The van der Waals surface area contributed by atoms with Gasteiger partial charge in [0.25, 0.3) is 5.91 Å². The molecule has 20 heavy (non-hydrogen) atoms. The van der Waals surface area contributed by atoms with Crippen LogP contribution in [0.2, 0.25) is 5.15 Å². The molecule has 2 rings (SSSR count). The van der Waals surface area contributed by atoms with E-state index in [0.717, 1.165) is 12.5 Å². The average molecular weight is 299 g/mol. The van der Waals surface area contributed by atoms with Crippen LogP contribution in [0.1, 0.15) is 23.2 Å². The summed E-state index contributed by atoms with van der Waals surface area (Å²) < 4.78 is 5.52. The predicted molar refractivity (Wildman–Crippen MR) is 77.6 cm³/mol. The van der Waals surface area contributed by atoms with E-state index in [0.29, 0.717) is 24.5 Å². The van der Waals surface area contributed by atoms with Gasteiger partial charge in [0, 0.05) is 25.8 Å². The lowest BCUT2D eigenvalue weighted by molar-refractivity contribution is 0.0681. The number of rotatable bonds is 7. The van der Waals surface area contributed by atoms with E-state index < -0.39 is 0 Å². The second-order valence-electron chi connectivity index (χ2n) is 4.95. The number of aromatic nitrogens is 1. The Balaban J connectivity index is 1.86. The molecule has 0 saturated heterocycles. The number of likely N-dealkylation sites (N-methyl/N-ethyl adjacent to an activating group) is 1. The number of hydrogen-bond donors (Lipinski definition) is 2. The minimum atomic E-state index is -0.138. The first-order valence-corrected chi connectivity index (χ1v) is 6.95. The highest BCUT2D eigenvalue weighted by Gasteiger charge is 2.21. The van der Waals surface area contributed by atoms with Crippen LogP contribution in [-0.2, 0) is 4.74 Å². The Morgan fingerprint density at radius 3 is 3.00 bits per heavy atom. The van der Waals surface area contributed by atoms with Gasteiger partial charge in [-0.2, -0.15) is 0 Å². The van der Waals surface area contributed by atoms with Crippen LogP contribution in [0.4, 0.5) is 5.82 Å². The Labute approximate surface area is 123 Å². The summed E-state index contributed by atoms with van der Waals surface area (Å²) in [7, 11) is 1.73. The molecular formula is C13H19ClN4O2. The molecule has 1 aromatic rings. The highest BCUT2D eigenvalue weighted by molar-refractivity contribution is 6.29. The number of nitrogen functional groups attached to an aromatic ring is 1. The fourth-order valence-corrected chi connectivity index (χ4v) is 1.96. The molecule has 0 bridgehead atoms. The summed E-state index contributed by atoms with van der Waals surface area (Å²) in [4.78, 5) is 17.7. The number of carbonyl (C=O) groups excluding carboxylic acids is 1. The summed E-state index contributed by atoms with van der Waals surface area (Å²) >= 11 is 5.84. The SMILES string of the molecule is CN(CCOCC1CC1)C(=O)c1cc(Cl)nc(NN)c1. The van der Waals surface area contributed by atoms with E-state index in [1.165, 1.54) is 18.9 Å². The van der Waals surface area contributed by atoms with Gasteiger partial charge in [-0.15, -0.1) is 0 Å². The first-order valence-electron chi connectivity index (χ1n) is 6.57. The Kier molecular flexibility index (Phi) is 5.17. The number of halogens is 1. The largest absolute Gasteiger partial charge is 0.379 e. The van der Waals surface area contributed by atoms with Crippen molar-refractivity contribution in [3.05, 3.63) is 22.8 Å². The lowest BCUT2D eigenvalue weighted by atomic mass is 10.2. The molecular weight excluding hydrogens is 280 g/mol. The lowest BCUT2D eigenvalue weighted by Gasteiger charge is -2.17. The number of hydrazine groups is 1. The van der Waals surface area contributed by atoms with Crippen LogP contribution in [0.3, 0.4) is 0 Å². The van der Waals surface area contributed by atoms with Crippen LogP contribution < -0.4 is 11.3 Å². The monoisotopic (exact) mass is 298 g/mol. The number of ether oxygens (including phenoxy) is 1. The van der Waals surface area contributed by atoms with Crippen molar-refractivity contribution in [3.8, 4) is 0 Å². The zero-order chi connectivity index (χ0) is 14.5. The van der Waals surface area contributed by atoms with Gasteiger partial charge in [-0.1, -0.05) is 11.6 Å².